The summed E-state index contributed by atoms with van der Waals surface area (Å²) in [5.74, 6) is -0.869. The molecular weight excluding hydrogens is 468 g/mol. The number of amides is 2. The Hall–Kier alpha value is -2.16. The normalized spacial score (nSPS) is 23.3. The van der Waals surface area contributed by atoms with Crippen molar-refractivity contribution in [2.45, 2.75) is 62.9 Å². The van der Waals surface area contributed by atoms with Crippen LogP contribution in [0.4, 0.5) is 0 Å². The Bertz CT molecular complexity index is 878. The number of carbonyl (C=O) groups excluding carboxylic acids is 2. The predicted octanol–water partition coefficient (Wildman–Crippen LogP) is 2.64. The highest BCUT2D eigenvalue weighted by molar-refractivity contribution is 6.30. The smallest absolute Gasteiger partial charge is 0.304 e. The van der Waals surface area contributed by atoms with Gasteiger partial charge in [-0.1, -0.05) is 23.7 Å². The summed E-state index contributed by atoms with van der Waals surface area (Å²) >= 11 is 6.19. The van der Waals surface area contributed by atoms with E-state index >= 15 is 0 Å². The van der Waals surface area contributed by atoms with Crippen molar-refractivity contribution in [2.24, 2.45) is 0 Å². The van der Waals surface area contributed by atoms with Gasteiger partial charge in [0.25, 0.3) is 0 Å². The third-order valence-electron chi connectivity index (χ3n) is 7.59. The van der Waals surface area contributed by atoms with Crippen molar-refractivity contribution in [2.75, 3.05) is 46.8 Å². The summed E-state index contributed by atoms with van der Waals surface area (Å²) < 4.78 is 0. The molecule has 35 heavy (non-hydrogen) atoms. The maximum absolute atomic E-state index is 12.6. The first-order chi connectivity index (χ1) is 16.7. The molecule has 2 amide bonds. The zero-order valence-electron chi connectivity index (χ0n) is 21.0. The van der Waals surface area contributed by atoms with Crippen LogP contribution in [0.15, 0.2) is 24.3 Å². The van der Waals surface area contributed by atoms with Gasteiger partial charge in [0, 0.05) is 62.2 Å². The van der Waals surface area contributed by atoms with Crippen LogP contribution in [0.5, 0.6) is 0 Å². The molecule has 1 heterocycles. The Kier molecular flexibility index (Phi) is 9.95. The Labute approximate surface area is 213 Å². The van der Waals surface area contributed by atoms with E-state index in [0.717, 1.165) is 37.1 Å². The number of benzene rings is 1. The molecule has 2 N–H and O–H groups in total. The lowest BCUT2D eigenvalue weighted by molar-refractivity contribution is -0.138. The standard InChI is InChI=1S/C26H39ClN4O4/c1-29(2)26(19-20-4-3-5-21(27)18-20)11-8-22(9-12-26)28-23(32)6-7-24(33)31-16-14-30(15-17-31)13-10-25(34)35/h3-5,18,22H,6-17,19H2,1-2H3,(H,28,32)(H,34,35). The zero-order chi connectivity index (χ0) is 25.4. The maximum Gasteiger partial charge on any atom is 0.304 e. The van der Waals surface area contributed by atoms with Crippen LogP contribution >= 0.6 is 11.6 Å². The molecular formula is C26H39ClN4O4. The molecule has 8 nitrogen and oxygen atoms in total. The Balaban J connectivity index is 1.39. The molecule has 0 bridgehead atoms. The van der Waals surface area contributed by atoms with Crippen LogP contribution in [0.2, 0.25) is 5.02 Å². The molecule has 1 saturated heterocycles. The van der Waals surface area contributed by atoms with E-state index in [4.69, 9.17) is 16.7 Å². The molecule has 2 aliphatic rings. The number of rotatable bonds is 10. The fourth-order valence-electron chi connectivity index (χ4n) is 5.26. The largest absolute Gasteiger partial charge is 0.481 e. The minimum Gasteiger partial charge on any atom is -0.481 e. The van der Waals surface area contributed by atoms with Crippen LogP contribution in [-0.4, -0.2) is 96.0 Å². The molecule has 0 unspecified atom stereocenters. The highest BCUT2D eigenvalue weighted by Gasteiger charge is 2.37. The molecule has 1 saturated carbocycles. The van der Waals surface area contributed by atoms with Gasteiger partial charge in [0.05, 0.1) is 6.42 Å². The molecule has 1 aromatic rings. The summed E-state index contributed by atoms with van der Waals surface area (Å²) in [7, 11) is 4.25. The number of hydrogen-bond donors (Lipinski definition) is 2. The van der Waals surface area contributed by atoms with Gasteiger partial charge in [-0.2, -0.15) is 0 Å². The second kappa shape index (κ2) is 12.7. The fourth-order valence-corrected chi connectivity index (χ4v) is 5.47. The van der Waals surface area contributed by atoms with E-state index in [2.05, 4.69) is 35.3 Å². The van der Waals surface area contributed by atoms with Gasteiger partial charge < -0.3 is 20.2 Å². The number of nitrogens with zero attached hydrogens (tertiary/aromatic N) is 3. The van der Waals surface area contributed by atoms with Crippen molar-refractivity contribution in [3.05, 3.63) is 34.9 Å². The van der Waals surface area contributed by atoms with Crippen LogP contribution in [0.3, 0.4) is 0 Å². The summed E-state index contributed by atoms with van der Waals surface area (Å²) in [6.45, 7) is 3.03. The van der Waals surface area contributed by atoms with Gasteiger partial charge in [-0.05, 0) is 63.9 Å². The number of aliphatic carboxylic acids is 1. The van der Waals surface area contributed by atoms with Gasteiger partial charge in [-0.15, -0.1) is 0 Å². The number of halogens is 1. The van der Waals surface area contributed by atoms with Crippen molar-refractivity contribution < 1.29 is 19.5 Å². The molecule has 0 atom stereocenters. The highest BCUT2D eigenvalue weighted by atomic mass is 35.5. The van der Waals surface area contributed by atoms with E-state index in [1.165, 1.54) is 5.56 Å². The topological polar surface area (TPSA) is 93.2 Å². The third kappa shape index (κ3) is 8.19. The first-order valence-electron chi connectivity index (χ1n) is 12.6. The Morgan fingerprint density at radius 1 is 1.09 bits per heavy atom. The van der Waals surface area contributed by atoms with Gasteiger partial charge in [0.2, 0.25) is 11.8 Å². The molecule has 2 fully saturated rings. The number of carboxylic acids is 1. The van der Waals surface area contributed by atoms with Gasteiger partial charge in [-0.3, -0.25) is 19.3 Å². The van der Waals surface area contributed by atoms with Crippen LogP contribution < -0.4 is 5.32 Å². The van der Waals surface area contributed by atoms with Gasteiger partial charge in [0.1, 0.15) is 0 Å². The predicted molar refractivity (Wildman–Crippen MR) is 136 cm³/mol. The van der Waals surface area contributed by atoms with E-state index in [9.17, 15) is 14.4 Å². The molecule has 1 aliphatic carbocycles. The third-order valence-corrected chi connectivity index (χ3v) is 7.82. The van der Waals surface area contributed by atoms with Crippen LogP contribution in [0, 0.1) is 0 Å². The molecule has 3 rings (SSSR count). The molecule has 9 heteroatoms. The van der Waals surface area contributed by atoms with Gasteiger partial charge in [0.15, 0.2) is 0 Å². The summed E-state index contributed by atoms with van der Waals surface area (Å²) in [5.41, 5.74) is 1.28. The molecule has 0 spiro atoms. The van der Waals surface area contributed by atoms with Crippen molar-refractivity contribution in [3.63, 3.8) is 0 Å². The maximum atomic E-state index is 12.6. The second-order valence-corrected chi connectivity index (χ2v) is 10.6. The first kappa shape index (κ1) is 27.4. The number of hydrogen-bond acceptors (Lipinski definition) is 5. The highest BCUT2D eigenvalue weighted by Crippen LogP contribution is 2.36. The molecule has 194 valence electrons. The lowest BCUT2D eigenvalue weighted by atomic mass is 9.75. The first-order valence-corrected chi connectivity index (χ1v) is 13.0. The summed E-state index contributed by atoms with van der Waals surface area (Å²) in [5, 5.41) is 12.7. The van der Waals surface area contributed by atoms with Gasteiger partial charge in [-0.25, -0.2) is 0 Å². The number of carboxylic acid groups (broad SMARTS) is 1. The lowest BCUT2D eigenvalue weighted by Gasteiger charge is -2.45. The fraction of sp³-hybridized carbons (Fsp3) is 0.654. The minimum absolute atomic E-state index is 0.00479. The lowest BCUT2D eigenvalue weighted by Crippen LogP contribution is -2.52. The summed E-state index contributed by atoms with van der Waals surface area (Å²) in [6, 6.07) is 8.19. The van der Waals surface area contributed by atoms with Gasteiger partial charge >= 0.3 is 5.97 Å². The Morgan fingerprint density at radius 3 is 2.37 bits per heavy atom. The van der Waals surface area contributed by atoms with Crippen molar-refractivity contribution in [3.8, 4) is 0 Å². The summed E-state index contributed by atoms with van der Waals surface area (Å²) in [4.78, 5) is 42.0. The average Bonchev–Trinajstić information content (AvgIpc) is 2.83. The second-order valence-electron chi connectivity index (χ2n) is 10.1. The molecule has 0 aromatic heterocycles. The summed E-state index contributed by atoms with van der Waals surface area (Å²) in [6.07, 6.45) is 5.27. The minimum atomic E-state index is -0.805. The number of piperazine rings is 1. The number of likely N-dealkylation sites (N-methyl/N-ethyl adjacent to an activating group) is 1. The van der Waals surface area contributed by atoms with Crippen molar-refractivity contribution in [1.29, 1.82) is 0 Å². The van der Waals surface area contributed by atoms with E-state index in [0.29, 0.717) is 32.7 Å². The number of nitrogens with one attached hydrogen (secondary N) is 1. The van der Waals surface area contributed by atoms with Crippen LogP contribution in [0.25, 0.3) is 0 Å². The Morgan fingerprint density at radius 2 is 1.77 bits per heavy atom. The van der Waals surface area contributed by atoms with Crippen LogP contribution in [0.1, 0.15) is 50.5 Å². The van der Waals surface area contributed by atoms with Crippen LogP contribution in [-0.2, 0) is 20.8 Å². The monoisotopic (exact) mass is 506 g/mol. The SMILES string of the molecule is CN(C)C1(Cc2cccc(Cl)c2)CCC(NC(=O)CCC(=O)N2CCN(CCC(=O)O)CC2)CC1. The molecule has 1 aromatic carbocycles. The van der Waals surface area contributed by atoms with E-state index in [1.807, 2.05) is 18.2 Å². The molecule has 0 radical (unpaired) electrons. The zero-order valence-corrected chi connectivity index (χ0v) is 21.7. The van der Waals surface area contributed by atoms with Crippen molar-refractivity contribution in [1.82, 2.24) is 20.0 Å². The quantitative estimate of drug-likeness (QED) is 0.507. The molecule has 1 aliphatic heterocycles. The van der Waals surface area contributed by atoms with E-state index < -0.39 is 5.97 Å². The number of carbonyl (C=O) groups is 3. The van der Waals surface area contributed by atoms with E-state index in [-0.39, 0.29) is 42.7 Å². The van der Waals surface area contributed by atoms with E-state index in [1.54, 1.807) is 4.90 Å². The van der Waals surface area contributed by atoms with Crippen molar-refractivity contribution >= 4 is 29.4 Å². The average molecular weight is 507 g/mol.